The van der Waals surface area contributed by atoms with Crippen molar-refractivity contribution in [2.45, 2.75) is 39.2 Å². The first-order valence-corrected chi connectivity index (χ1v) is 7.85. The van der Waals surface area contributed by atoms with Gasteiger partial charge in [-0.2, -0.15) is 5.10 Å². The van der Waals surface area contributed by atoms with Crippen LogP contribution in [0.2, 0.25) is 0 Å². The number of amides is 1. The van der Waals surface area contributed by atoms with Crippen LogP contribution in [0.1, 0.15) is 48.2 Å². The number of H-pyrrole nitrogens is 1. The number of nitrogens with one attached hydrogen (secondary N) is 1. The number of hydrogen-bond donors (Lipinski definition) is 1. The van der Waals surface area contributed by atoms with Crippen molar-refractivity contribution < 1.29 is 4.79 Å². The minimum atomic E-state index is -0.0143. The summed E-state index contributed by atoms with van der Waals surface area (Å²) < 4.78 is 2.19. The maximum Gasteiger partial charge on any atom is 0.274 e. The molecule has 1 aliphatic heterocycles. The number of rotatable bonds is 4. The van der Waals surface area contributed by atoms with Crippen molar-refractivity contribution in [2.24, 2.45) is 5.92 Å². The number of nitrogens with zero attached hydrogens (tertiary/aromatic N) is 4. The molecule has 2 aromatic rings. The fourth-order valence-electron chi connectivity index (χ4n) is 2.99. The molecule has 0 radical (unpaired) electrons. The Morgan fingerprint density at radius 3 is 3.09 bits per heavy atom. The quantitative estimate of drug-likeness (QED) is 0.940. The molecule has 3 heterocycles. The summed E-state index contributed by atoms with van der Waals surface area (Å²) in [4.78, 5) is 18.6. The predicted octanol–water partition coefficient (Wildman–Crippen LogP) is 2.06. The van der Waals surface area contributed by atoms with E-state index in [1.54, 1.807) is 4.90 Å². The number of aryl methyl sites for hydroxylation is 1. The van der Waals surface area contributed by atoms with Crippen molar-refractivity contribution in [1.29, 1.82) is 0 Å². The van der Waals surface area contributed by atoms with E-state index in [4.69, 9.17) is 0 Å². The number of fused-ring (bicyclic) bond motifs is 1. The highest BCUT2D eigenvalue weighted by molar-refractivity contribution is 5.92. The standard InChI is InChI=1S/C16H23N5O/c1-11(2)13-8-14(19-18-13)16(22)20(3)9-12-4-5-15-17-6-7-21(15)10-12/h6-8,11-12H,4-5,9-10H2,1-3H3,(H,18,19)/t12-/m1/s1. The molecule has 2 aromatic heterocycles. The summed E-state index contributed by atoms with van der Waals surface area (Å²) in [6, 6.07) is 1.86. The largest absolute Gasteiger partial charge is 0.340 e. The van der Waals surface area contributed by atoms with Crippen LogP contribution in [0.15, 0.2) is 18.5 Å². The molecule has 22 heavy (non-hydrogen) atoms. The van der Waals surface area contributed by atoms with Crippen LogP contribution in [-0.2, 0) is 13.0 Å². The fraction of sp³-hybridized carbons (Fsp3) is 0.562. The predicted molar refractivity (Wildman–Crippen MR) is 83.7 cm³/mol. The summed E-state index contributed by atoms with van der Waals surface area (Å²) >= 11 is 0. The normalized spacial score (nSPS) is 17.5. The molecule has 1 atom stereocenters. The zero-order valence-electron chi connectivity index (χ0n) is 13.4. The average Bonchev–Trinajstić information content (AvgIpc) is 3.15. The molecule has 0 bridgehead atoms. The molecule has 1 amide bonds. The van der Waals surface area contributed by atoms with E-state index >= 15 is 0 Å². The van der Waals surface area contributed by atoms with Gasteiger partial charge >= 0.3 is 0 Å². The van der Waals surface area contributed by atoms with Gasteiger partial charge in [-0.25, -0.2) is 4.98 Å². The first kappa shape index (κ1) is 14.8. The second-order valence-electron chi connectivity index (χ2n) is 6.45. The Labute approximate surface area is 130 Å². The number of hydrogen-bond acceptors (Lipinski definition) is 3. The van der Waals surface area contributed by atoms with Crippen molar-refractivity contribution in [3.05, 3.63) is 35.7 Å². The highest BCUT2D eigenvalue weighted by Crippen LogP contribution is 2.20. The Morgan fingerprint density at radius 2 is 2.36 bits per heavy atom. The van der Waals surface area contributed by atoms with Crippen LogP contribution < -0.4 is 0 Å². The van der Waals surface area contributed by atoms with Crippen LogP contribution in [-0.4, -0.2) is 44.1 Å². The fourth-order valence-corrected chi connectivity index (χ4v) is 2.99. The molecule has 0 spiro atoms. The van der Waals surface area contributed by atoms with E-state index in [9.17, 15) is 4.79 Å². The second kappa shape index (κ2) is 5.94. The molecule has 0 saturated carbocycles. The Morgan fingerprint density at radius 1 is 1.55 bits per heavy atom. The Balaban J connectivity index is 1.62. The molecule has 1 aliphatic rings. The minimum absolute atomic E-state index is 0.0143. The zero-order chi connectivity index (χ0) is 15.7. The van der Waals surface area contributed by atoms with Gasteiger partial charge in [-0.05, 0) is 24.3 Å². The molecule has 3 rings (SSSR count). The lowest BCUT2D eigenvalue weighted by molar-refractivity contribution is 0.0754. The minimum Gasteiger partial charge on any atom is -0.340 e. The number of imidazole rings is 1. The van der Waals surface area contributed by atoms with E-state index in [1.165, 1.54) is 0 Å². The third-order valence-corrected chi connectivity index (χ3v) is 4.35. The van der Waals surface area contributed by atoms with Crippen molar-refractivity contribution >= 4 is 5.91 Å². The van der Waals surface area contributed by atoms with Crippen molar-refractivity contribution in [2.75, 3.05) is 13.6 Å². The summed E-state index contributed by atoms with van der Waals surface area (Å²) in [5.41, 5.74) is 1.50. The first-order chi connectivity index (χ1) is 10.5. The average molecular weight is 301 g/mol. The second-order valence-corrected chi connectivity index (χ2v) is 6.45. The van der Waals surface area contributed by atoms with E-state index in [0.29, 0.717) is 17.5 Å². The summed E-state index contributed by atoms with van der Waals surface area (Å²) in [7, 11) is 1.86. The molecule has 6 heteroatoms. The monoisotopic (exact) mass is 301 g/mol. The summed E-state index contributed by atoms with van der Waals surface area (Å²) in [6.07, 6.45) is 5.93. The van der Waals surface area contributed by atoms with Crippen LogP contribution in [0.4, 0.5) is 0 Å². The third kappa shape index (κ3) is 2.91. The smallest absolute Gasteiger partial charge is 0.274 e. The van der Waals surface area contributed by atoms with Gasteiger partial charge in [-0.15, -0.1) is 0 Å². The van der Waals surface area contributed by atoms with E-state index < -0.39 is 0 Å². The third-order valence-electron chi connectivity index (χ3n) is 4.35. The van der Waals surface area contributed by atoms with E-state index in [-0.39, 0.29) is 5.91 Å². The van der Waals surface area contributed by atoms with Crippen LogP contribution in [0.5, 0.6) is 0 Å². The highest BCUT2D eigenvalue weighted by atomic mass is 16.2. The molecule has 0 unspecified atom stereocenters. The SMILES string of the molecule is CC(C)c1cc(C(=O)N(C)C[C@H]2CCc3nccn3C2)n[nH]1. The Bertz CT molecular complexity index is 657. The molecule has 0 saturated heterocycles. The summed E-state index contributed by atoms with van der Waals surface area (Å²) in [6.45, 7) is 5.84. The maximum absolute atomic E-state index is 12.5. The Hall–Kier alpha value is -2.11. The summed E-state index contributed by atoms with van der Waals surface area (Å²) in [5.74, 6) is 1.95. The van der Waals surface area contributed by atoms with Gasteiger partial charge in [0.05, 0.1) is 0 Å². The lowest BCUT2D eigenvalue weighted by atomic mass is 9.99. The zero-order valence-corrected chi connectivity index (χ0v) is 13.4. The van der Waals surface area contributed by atoms with Gasteiger partial charge in [0.25, 0.3) is 5.91 Å². The first-order valence-electron chi connectivity index (χ1n) is 7.85. The highest BCUT2D eigenvalue weighted by Gasteiger charge is 2.23. The molecule has 0 fully saturated rings. The van der Waals surface area contributed by atoms with E-state index in [2.05, 4.69) is 33.6 Å². The molecule has 1 N–H and O–H groups in total. The molecule has 0 aromatic carbocycles. The van der Waals surface area contributed by atoms with Gasteiger partial charge in [0.2, 0.25) is 0 Å². The van der Waals surface area contributed by atoms with E-state index in [1.807, 2.05) is 25.5 Å². The lowest BCUT2D eigenvalue weighted by Crippen LogP contribution is -2.35. The van der Waals surface area contributed by atoms with Gasteiger partial charge in [0.1, 0.15) is 11.5 Å². The van der Waals surface area contributed by atoms with Gasteiger partial charge < -0.3 is 9.47 Å². The molecular weight excluding hydrogens is 278 g/mol. The summed E-state index contributed by atoms with van der Waals surface area (Å²) in [5, 5.41) is 7.09. The Kier molecular flexibility index (Phi) is 4.00. The molecular formula is C16H23N5O. The van der Waals surface area contributed by atoms with Crippen molar-refractivity contribution in [3.8, 4) is 0 Å². The van der Waals surface area contributed by atoms with Crippen molar-refractivity contribution in [3.63, 3.8) is 0 Å². The van der Waals surface area contributed by atoms with Crippen LogP contribution in [0.25, 0.3) is 0 Å². The number of aromatic amines is 1. The molecule has 118 valence electrons. The van der Waals surface area contributed by atoms with Crippen molar-refractivity contribution in [1.82, 2.24) is 24.6 Å². The van der Waals surface area contributed by atoms with Crippen LogP contribution >= 0.6 is 0 Å². The number of aromatic nitrogens is 4. The van der Waals surface area contributed by atoms with Gasteiger partial charge in [-0.1, -0.05) is 13.8 Å². The molecule has 0 aliphatic carbocycles. The lowest BCUT2D eigenvalue weighted by Gasteiger charge is -2.27. The topological polar surface area (TPSA) is 66.8 Å². The van der Waals surface area contributed by atoms with Gasteiger partial charge in [0.15, 0.2) is 0 Å². The number of carbonyl (C=O) groups excluding carboxylic acids is 1. The van der Waals surface area contributed by atoms with Crippen LogP contribution in [0.3, 0.4) is 0 Å². The van der Waals surface area contributed by atoms with Gasteiger partial charge in [-0.3, -0.25) is 9.89 Å². The van der Waals surface area contributed by atoms with Crippen LogP contribution in [0, 0.1) is 5.92 Å². The van der Waals surface area contributed by atoms with Gasteiger partial charge in [0, 0.05) is 44.6 Å². The van der Waals surface area contributed by atoms with E-state index in [0.717, 1.165) is 37.4 Å². The molecule has 6 nitrogen and oxygen atoms in total. The maximum atomic E-state index is 12.5. The number of carbonyl (C=O) groups is 1.